The Bertz CT molecular complexity index is 831. The highest BCUT2D eigenvalue weighted by atomic mass is 16.5. The predicted molar refractivity (Wildman–Crippen MR) is 96.0 cm³/mol. The molecule has 2 amide bonds. The van der Waals surface area contributed by atoms with E-state index in [0.29, 0.717) is 11.4 Å². The van der Waals surface area contributed by atoms with Crippen LogP contribution >= 0.6 is 0 Å². The zero-order valence-electron chi connectivity index (χ0n) is 14.0. The maximum atomic E-state index is 12.7. The van der Waals surface area contributed by atoms with Crippen molar-refractivity contribution in [1.29, 1.82) is 0 Å². The minimum absolute atomic E-state index is 0.0199. The van der Waals surface area contributed by atoms with Crippen molar-refractivity contribution in [2.45, 2.75) is 25.7 Å². The van der Waals surface area contributed by atoms with Crippen molar-refractivity contribution in [3.63, 3.8) is 0 Å². The Labute approximate surface area is 146 Å². The molecule has 0 radical (unpaired) electrons. The average Bonchev–Trinajstić information content (AvgIpc) is 2.65. The number of para-hydroxylation sites is 2. The van der Waals surface area contributed by atoms with Crippen LogP contribution in [0.3, 0.4) is 0 Å². The van der Waals surface area contributed by atoms with Crippen LogP contribution in [0.2, 0.25) is 0 Å². The summed E-state index contributed by atoms with van der Waals surface area (Å²) in [5.74, 6) is 0.389. The number of anilines is 2. The summed E-state index contributed by atoms with van der Waals surface area (Å²) in [5.41, 5.74) is 3.91. The Morgan fingerprint density at radius 2 is 1.92 bits per heavy atom. The summed E-state index contributed by atoms with van der Waals surface area (Å²) in [6.45, 7) is -0.0514. The minimum atomic E-state index is -0.212. The van der Waals surface area contributed by atoms with Gasteiger partial charge in [0.1, 0.15) is 12.3 Å². The van der Waals surface area contributed by atoms with E-state index in [1.54, 1.807) is 6.07 Å². The van der Waals surface area contributed by atoms with Gasteiger partial charge in [0, 0.05) is 0 Å². The summed E-state index contributed by atoms with van der Waals surface area (Å²) in [6.07, 6.45) is 4.42. The molecule has 0 bridgehead atoms. The van der Waals surface area contributed by atoms with Crippen molar-refractivity contribution >= 4 is 23.2 Å². The van der Waals surface area contributed by atoms with Gasteiger partial charge in [0.25, 0.3) is 5.91 Å². The van der Waals surface area contributed by atoms with E-state index < -0.39 is 0 Å². The Morgan fingerprint density at radius 3 is 2.84 bits per heavy atom. The van der Waals surface area contributed by atoms with E-state index in [9.17, 15) is 9.59 Å². The topological polar surface area (TPSA) is 58.6 Å². The lowest BCUT2D eigenvalue weighted by atomic mass is 9.91. The molecule has 0 saturated carbocycles. The molecule has 25 heavy (non-hydrogen) atoms. The smallest absolute Gasteiger partial charge is 0.265 e. The molecular weight excluding hydrogens is 316 g/mol. The number of carbonyl (C=O) groups is 2. The third-order valence-electron chi connectivity index (χ3n) is 4.78. The SMILES string of the molecule is O=C1CN(C(=O)COc2cccc3c2CCCC3)c2ccccc2N1. The van der Waals surface area contributed by atoms with Crippen molar-refractivity contribution in [1.82, 2.24) is 0 Å². The van der Waals surface area contributed by atoms with Gasteiger partial charge in [-0.25, -0.2) is 0 Å². The van der Waals surface area contributed by atoms with E-state index in [-0.39, 0.29) is 25.0 Å². The van der Waals surface area contributed by atoms with E-state index in [1.165, 1.54) is 22.4 Å². The first-order valence-electron chi connectivity index (χ1n) is 8.65. The molecule has 0 fully saturated rings. The number of aryl methyl sites for hydroxylation is 1. The Kier molecular flexibility index (Phi) is 4.14. The van der Waals surface area contributed by atoms with E-state index in [4.69, 9.17) is 4.74 Å². The van der Waals surface area contributed by atoms with Crippen LogP contribution in [-0.4, -0.2) is 25.0 Å². The molecule has 0 unspecified atom stereocenters. The molecule has 5 nitrogen and oxygen atoms in total. The number of rotatable bonds is 3. The quantitative estimate of drug-likeness (QED) is 0.937. The average molecular weight is 336 g/mol. The third kappa shape index (κ3) is 3.09. The molecule has 0 saturated heterocycles. The highest BCUT2D eigenvalue weighted by molar-refractivity contribution is 6.10. The zero-order valence-corrected chi connectivity index (χ0v) is 14.0. The first-order valence-corrected chi connectivity index (χ1v) is 8.65. The fraction of sp³-hybridized carbons (Fsp3) is 0.300. The molecule has 0 atom stereocenters. The molecule has 2 aromatic carbocycles. The van der Waals surface area contributed by atoms with Crippen LogP contribution in [0, 0.1) is 0 Å². The molecule has 1 N–H and O–H groups in total. The number of carbonyl (C=O) groups excluding carboxylic acids is 2. The second-order valence-corrected chi connectivity index (χ2v) is 6.43. The van der Waals surface area contributed by atoms with Crippen molar-refractivity contribution in [3.05, 3.63) is 53.6 Å². The van der Waals surface area contributed by atoms with Gasteiger partial charge >= 0.3 is 0 Å². The molecule has 128 valence electrons. The van der Waals surface area contributed by atoms with Crippen molar-refractivity contribution < 1.29 is 14.3 Å². The van der Waals surface area contributed by atoms with Crippen LogP contribution in [0.1, 0.15) is 24.0 Å². The molecule has 5 heteroatoms. The number of ether oxygens (including phenoxy) is 1. The molecule has 1 aliphatic carbocycles. The van der Waals surface area contributed by atoms with Crippen LogP contribution in [0.15, 0.2) is 42.5 Å². The first kappa shape index (κ1) is 15.7. The zero-order chi connectivity index (χ0) is 17.2. The molecule has 4 rings (SSSR count). The van der Waals surface area contributed by atoms with Gasteiger partial charge in [0.2, 0.25) is 5.91 Å². The van der Waals surface area contributed by atoms with Gasteiger partial charge in [-0.1, -0.05) is 24.3 Å². The standard InChI is InChI=1S/C20H20N2O3/c23-19-12-22(17-10-4-3-9-16(17)21-19)20(24)13-25-18-11-5-7-14-6-1-2-8-15(14)18/h3-5,7,9-11H,1-2,6,8,12-13H2,(H,21,23). The number of fused-ring (bicyclic) bond motifs is 2. The normalized spacial score (nSPS) is 15.8. The first-order chi connectivity index (χ1) is 12.2. The second kappa shape index (κ2) is 6.59. The van der Waals surface area contributed by atoms with Crippen LogP contribution in [0.5, 0.6) is 5.75 Å². The number of hydrogen-bond donors (Lipinski definition) is 1. The number of benzene rings is 2. The number of nitrogens with zero attached hydrogens (tertiary/aromatic N) is 1. The lowest BCUT2D eigenvalue weighted by Crippen LogP contribution is -2.44. The van der Waals surface area contributed by atoms with Gasteiger partial charge in [0.05, 0.1) is 11.4 Å². The summed E-state index contributed by atoms with van der Waals surface area (Å²) in [7, 11) is 0. The van der Waals surface area contributed by atoms with Crippen LogP contribution in [-0.2, 0) is 22.4 Å². The van der Waals surface area contributed by atoms with E-state index in [0.717, 1.165) is 25.0 Å². The summed E-state index contributed by atoms with van der Waals surface area (Å²) in [5, 5.41) is 2.79. The minimum Gasteiger partial charge on any atom is -0.483 e. The maximum Gasteiger partial charge on any atom is 0.265 e. The van der Waals surface area contributed by atoms with Crippen molar-refractivity contribution in [2.24, 2.45) is 0 Å². The highest BCUT2D eigenvalue weighted by Gasteiger charge is 2.27. The van der Waals surface area contributed by atoms with E-state index in [2.05, 4.69) is 11.4 Å². The maximum absolute atomic E-state index is 12.7. The monoisotopic (exact) mass is 336 g/mol. The van der Waals surface area contributed by atoms with Crippen LogP contribution < -0.4 is 15.0 Å². The molecule has 1 heterocycles. The van der Waals surface area contributed by atoms with Gasteiger partial charge in [-0.15, -0.1) is 0 Å². The second-order valence-electron chi connectivity index (χ2n) is 6.43. The summed E-state index contributed by atoms with van der Waals surface area (Å²) in [4.78, 5) is 26.0. The predicted octanol–water partition coefficient (Wildman–Crippen LogP) is 2.93. The number of hydrogen-bond acceptors (Lipinski definition) is 3. The summed E-state index contributed by atoms with van der Waals surface area (Å²) in [6, 6.07) is 13.3. The Morgan fingerprint density at radius 1 is 1.08 bits per heavy atom. The van der Waals surface area contributed by atoms with Crippen LogP contribution in [0.4, 0.5) is 11.4 Å². The molecular formula is C20H20N2O3. The summed E-state index contributed by atoms with van der Waals surface area (Å²) >= 11 is 0. The molecule has 0 spiro atoms. The van der Waals surface area contributed by atoms with Crippen molar-refractivity contribution in [3.8, 4) is 5.75 Å². The van der Waals surface area contributed by atoms with Gasteiger partial charge in [0.15, 0.2) is 6.61 Å². The van der Waals surface area contributed by atoms with Gasteiger partial charge in [-0.05, 0) is 55.0 Å². The van der Waals surface area contributed by atoms with Gasteiger partial charge in [-0.3, -0.25) is 14.5 Å². The fourth-order valence-electron chi connectivity index (χ4n) is 3.55. The molecule has 2 aliphatic rings. The lowest BCUT2D eigenvalue weighted by molar-refractivity contribution is -0.123. The molecule has 1 aliphatic heterocycles. The van der Waals surface area contributed by atoms with E-state index >= 15 is 0 Å². The lowest BCUT2D eigenvalue weighted by Gasteiger charge is -2.29. The van der Waals surface area contributed by atoms with E-state index in [1.807, 2.05) is 30.3 Å². The van der Waals surface area contributed by atoms with Crippen molar-refractivity contribution in [2.75, 3.05) is 23.4 Å². The largest absolute Gasteiger partial charge is 0.483 e. The molecule has 0 aromatic heterocycles. The van der Waals surface area contributed by atoms with Crippen LogP contribution in [0.25, 0.3) is 0 Å². The molecule has 2 aromatic rings. The number of amides is 2. The third-order valence-corrected chi connectivity index (χ3v) is 4.78. The van der Waals surface area contributed by atoms with Gasteiger partial charge in [-0.2, -0.15) is 0 Å². The highest BCUT2D eigenvalue weighted by Crippen LogP contribution is 2.31. The number of nitrogens with one attached hydrogen (secondary N) is 1. The Hall–Kier alpha value is -2.82. The summed E-state index contributed by atoms with van der Waals surface area (Å²) < 4.78 is 5.85. The van der Waals surface area contributed by atoms with Gasteiger partial charge < -0.3 is 10.1 Å². The Balaban J connectivity index is 1.51. The fourth-order valence-corrected chi connectivity index (χ4v) is 3.55.